The molecule has 1 unspecified atom stereocenters. The number of hydrogen-bond acceptors (Lipinski definition) is 4. The van der Waals surface area contributed by atoms with Crippen LogP contribution < -0.4 is 15.6 Å². The van der Waals surface area contributed by atoms with Gasteiger partial charge in [-0.15, -0.1) is 0 Å². The number of nitrogens with zero attached hydrogens (tertiary/aromatic N) is 3. The molecule has 0 saturated heterocycles. The maximum absolute atomic E-state index is 14.1. The van der Waals surface area contributed by atoms with Crippen LogP contribution in [-0.2, 0) is 0 Å². The number of halogens is 2. The van der Waals surface area contributed by atoms with E-state index in [9.17, 15) is 14.0 Å². The second-order valence-electron chi connectivity index (χ2n) is 9.69. The van der Waals surface area contributed by atoms with E-state index in [0.717, 1.165) is 6.42 Å². The average Bonchev–Trinajstić information content (AvgIpc) is 2.92. The van der Waals surface area contributed by atoms with Crippen molar-refractivity contribution in [2.75, 3.05) is 19.0 Å². The van der Waals surface area contributed by atoms with E-state index in [0.29, 0.717) is 52.7 Å². The Morgan fingerprint density at radius 2 is 1.90 bits per heavy atom. The summed E-state index contributed by atoms with van der Waals surface area (Å²) in [6.07, 6.45) is 1.21. The van der Waals surface area contributed by atoms with E-state index >= 15 is 0 Å². The molecule has 39 heavy (non-hydrogen) atoms. The molecule has 3 aromatic carbocycles. The van der Waals surface area contributed by atoms with Crippen LogP contribution in [-0.4, -0.2) is 34.1 Å². The van der Waals surface area contributed by atoms with Gasteiger partial charge in [0.2, 0.25) is 0 Å². The van der Waals surface area contributed by atoms with Crippen LogP contribution in [0.1, 0.15) is 45.5 Å². The Hall–Kier alpha value is -3.91. The summed E-state index contributed by atoms with van der Waals surface area (Å²) < 4.78 is 20.8. The summed E-state index contributed by atoms with van der Waals surface area (Å²) >= 11 is 6.12. The first-order valence-corrected chi connectivity index (χ1v) is 13.3. The van der Waals surface area contributed by atoms with Crippen LogP contribution in [0.3, 0.4) is 0 Å². The van der Waals surface area contributed by atoms with Crippen LogP contribution in [0.2, 0.25) is 5.02 Å². The molecule has 0 radical (unpaired) electrons. The molecule has 1 aromatic heterocycles. The van der Waals surface area contributed by atoms with Gasteiger partial charge in [-0.05, 0) is 61.2 Å². The topological polar surface area (TPSA) is 76.5 Å². The van der Waals surface area contributed by atoms with Gasteiger partial charge in [0, 0.05) is 18.3 Å². The summed E-state index contributed by atoms with van der Waals surface area (Å²) in [7, 11) is 1.56. The van der Waals surface area contributed by atoms with Gasteiger partial charge in [0.15, 0.2) is 0 Å². The molecule has 0 bridgehead atoms. The normalized spacial score (nSPS) is 12.0. The molecule has 204 valence electrons. The van der Waals surface area contributed by atoms with E-state index in [-0.39, 0.29) is 16.6 Å². The summed E-state index contributed by atoms with van der Waals surface area (Å²) in [6.45, 7) is 6.54. The van der Waals surface area contributed by atoms with Crippen LogP contribution in [0.4, 0.5) is 14.9 Å². The lowest BCUT2D eigenvalue weighted by molar-refractivity contribution is 0.176. The van der Waals surface area contributed by atoms with E-state index in [4.69, 9.17) is 21.3 Å². The number of benzene rings is 3. The minimum absolute atomic E-state index is 0.112. The standard InChI is InChI=1S/C30H32ClFN4O3/c1-5-27(35(16-15-19(2)3)30(38)33-20-9-8-10-22(17-20)39-4)28-34-26-12-7-6-11-23(26)29(37)36(28)21-13-14-25(32)24(31)18-21/h6-14,17-19,27H,5,15-16H2,1-4H3,(H,33,38). The lowest BCUT2D eigenvalue weighted by atomic mass is 10.1. The minimum atomic E-state index is -0.591. The number of methoxy groups -OCH3 is 1. The monoisotopic (exact) mass is 550 g/mol. The fourth-order valence-corrected chi connectivity index (χ4v) is 4.66. The van der Waals surface area contributed by atoms with Crippen LogP contribution in [0.25, 0.3) is 16.6 Å². The van der Waals surface area contributed by atoms with Gasteiger partial charge in [0.25, 0.3) is 5.56 Å². The highest BCUT2D eigenvalue weighted by molar-refractivity contribution is 6.30. The van der Waals surface area contributed by atoms with Gasteiger partial charge in [-0.3, -0.25) is 9.36 Å². The van der Waals surface area contributed by atoms with Crippen molar-refractivity contribution in [2.24, 2.45) is 5.92 Å². The first kappa shape index (κ1) is 28.1. The van der Waals surface area contributed by atoms with Crippen molar-refractivity contribution in [1.82, 2.24) is 14.5 Å². The number of ether oxygens (including phenoxy) is 1. The Morgan fingerprint density at radius 1 is 1.13 bits per heavy atom. The van der Waals surface area contributed by atoms with Crippen molar-refractivity contribution in [3.63, 3.8) is 0 Å². The van der Waals surface area contributed by atoms with Crippen molar-refractivity contribution in [1.29, 1.82) is 0 Å². The zero-order chi connectivity index (χ0) is 28.1. The van der Waals surface area contributed by atoms with Crippen molar-refractivity contribution in [3.8, 4) is 11.4 Å². The Labute approximate surface area is 232 Å². The number of aromatic nitrogens is 2. The van der Waals surface area contributed by atoms with Gasteiger partial charge in [-0.25, -0.2) is 14.2 Å². The largest absolute Gasteiger partial charge is 0.497 e. The number of carbonyl (C=O) groups is 1. The summed E-state index contributed by atoms with van der Waals surface area (Å²) in [6, 6.07) is 17.4. The predicted molar refractivity (Wildman–Crippen MR) is 154 cm³/mol. The first-order valence-electron chi connectivity index (χ1n) is 12.9. The summed E-state index contributed by atoms with van der Waals surface area (Å²) in [4.78, 5) is 34.2. The summed E-state index contributed by atoms with van der Waals surface area (Å²) in [5.41, 5.74) is 1.14. The summed E-state index contributed by atoms with van der Waals surface area (Å²) in [5.74, 6) is 0.726. The number of hydrogen-bond donors (Lipinski definition) is 1. The molecule has 0 saturated carbocycles. The zero-order valence-electron chi connectivity index (χ0n) is 22.4. The number of anilines is 1. The average molecular weight is 551 g/mol. The molecule has 0 spiro atoms. The third-order valence-corrected chi connectivity index (χ3v) is 6.84. The fraction of sp³-hybridized carbons (Fsp3) is 0.300. The lowest BCUT2D eigenvalue weighted by Crippen LogP contribution is -2.41. The number of fused-ring (bicyclic) bond motifs is 1. The number of nitrogens with one attached hydrogen (secondary N) is 1. The quantitative estimate of drug-likeness (QED) is 0.239. The van der Waals surface area contributed by atoms with Gasteiger partial charge in [0.1, 0.15) is 17.4 Å². The minimum Gasteiger partial charge on any atom is -0.497 e. The maximum atomic E-state index is 14.1. The SMILES string of the molecule is CCC(c1nc2ccccc2c(=O)n1-c1ccc(F)c(Cl)c1)N(CCC(C)C)C(=O)Nc1cccc(OC)c1. The molecular weight excluding hydrogens is 519 g/mol. The van der Waals surface area contributed by atoms with E-state index in [1.807, 2.05) is 13.0 Å². The molecule has 1 N–H and O–H groups in total. The van der Waals surface area contributed by atoms with Gasteiger partial charge in [-0.1, -0.05) is 50.6 Å². The molecule has 9 heteroatoms. The number of carbonyl (C=O) groups excluding carboxylic acids is 1. The first-order chi connectivity index (χ1) is 18.7. The maximum Gasteiger partial charge on any atom is 0.322 e. The highest BCUT2D eigenvalue weighted by Gasteiger charge is 2.29. The molecule has 7 nitrogen and oxygen atoms in total. The third-order valence-electron chi connectivity index (χ3n) is 6.55. The fourth-order valence-electron chi connectivity index (χ4n) is 4.48. The Balaban J connectivity index is 1.87. The van der Waals surface area contributed by atoms with E-state index in [1.54, 1.807) is 54.5 Å². The van der Waals surface area contributed by atoms with Crippen LogP contribution in [0.5, 0.6) is 5.75 Å². The second kappa shape index (κ2) is 12.3. The number of para-hydroxylation sites is 1. The second-order valence-corrected chi connectivity index (χ2v) is 10.1. The molecule has 4 aromatic rings. The molecule has 4 rings (SSSR count). The molecule has 1 atom stereocenters. The lowest BCUT2D eigenvalue weighted by Gasteiger charge is -2.33. The molecule has 1 heterocycles. The van der Waals surface area contributed by atoms with E-state index in [2.05, 4.69) is 19.2 Å². The molecule has 0 fully saturated rings. The molecular formula is C30H32ClFN4O3. The van der Waals surface area contributed by atoms with Gasteiger partial charge >= 0.3 is 6.03 Å². The van der Waals surface area contributed by atoms with Crippen molar-refractivity contribution in [2.45, 2.75) is 39.7 Å². The number of urea groups is 1. The molecule has 0 aliphatic carbocycles. The Kier molecular flexibility index (Phi) is 8.86. The van der Waals surface area contributed by atoms with Crippen LogP contribution in [0.15, 0.2) is 71.5 Å². The van der Waals surface area contributed by atoms with Crippen molar-refractivity contribution in [3.05, 3.63) is 93.7 Å². The van der Waals surface area contributed by atoms with Crippen molar-refractivity contribution < 1.29 is 13.9 Å². The third kappa shape index (κ3) is 6.23. The summed E-state index contributed by atoms with van der Waals surface area (Å²) in [5, 5.41) is 3.27. The number of rotatable bonds is 9. The van der Waals surface area contributed by atoms with Crippen LogP contribution >= 0.6 is 11.6 Å². The van der Waals surface area contributed by atoms with Crippen LogP contribution in [0, 0.1) is 11.7 Å². The smallest absolute Gasteiger partial charge is 0.322 e. The molecule has 0 aliphatic heterocycles. The highest BCUT2D eigenvalue weighted by atomic mass is 35.5. The zero-order valence-corrected chi connectivity index (χ0v) is 23.2. The van der Waals surface area contributed by atoms with Gasteiger partial charge in [-0.2, -0.15) is 0 Å². The van der Waals surface area contributed by atoms with Gasteiger partial charge < -0.3 is 15.0 Å². The molecule has 2 amide bonds. The number of amides is 2. The van der Waals surface area contributed by atoms with E-state index in [1.165, 1.54) is 22.8 Å². The Bertz CT molecular complexity index is 1540. The van der Waals surface area contributed by atoms with Gasteiger partial charge in [0.05, 0.1) is 34.8 Å². The van der Waals surface area contributed by atoms with Crippen molar-refractivity contribution >= 4 is 34.2 Å². The Morgan fingerprint density at radius 3 is 2.59 bits per heavy atom. The molecule has 0 aliphatic rings. The highest BCUT2D eigenvalue weighted by Crippen LogP contribution is 2.29. The predicted octanol–water partition coefficient (Wildman–Crippen LogP) is 7.22. The van der Waals surface area contributed by atoms with E-state index < -0.39 is 11.9 Å².